The van der Waals surface area contributed by atoms with Gasteiger partial charge in [0.2, 0.25) is 0 Å². The number of hydrogen-bond acceptors (Lipinski definition) is 3. The number of sulfonamides is 1. The Kier molecular flexibility index (Phi) is 6.58. The molecule has 1 aliphatic carbocycles. The lowest BCUT2D eigenvalue weighted by Crippen LogP contribution is -2.35. The van der Waals surface area contributed by atoms with Gasteiger partial charge in [-0.2, -0.15) is 8.42 Å². The molecule has 0 saturated heterocycles. The smallest absolute Gasteiger partial charge is 0.228 e. The second kappa shape index (κ2) is 8.76. The first-order chi connectivity index (χ1) is 13.3. The fraction of sp³-hybridized carbons (Fsp3) is 0.429. The topological polar surface area (TPSA) is 75.6 Å². The van der Waals surface area contributed by atoms with Crippen molar-refractivity contribution < 1.29 is 12.6 Å². The van der Waals surface area contributed by atoms with Gasteiger partial charge in [-0.05, 0) is 51.0 Å². The van der Waals surface area contributed by atoms with Crippen molar-refractivity contribution in [2.24, 2.45) is 3.77 Å². The Bertz CT molecular complexity index is 1010. The minimum Gasteiger partial charge on any atom is -0.228 e. The number of benzene rings is 2. The van der Waals surface area contributed by atoms with E-state index in [2.05, 4.69) is 8.49 Å². The molecule has 1 atom stereocenters. The molecule has 2 aromatic carbocycles. The Balaban J connectivity index is 2.06. The summed E-state index contributed by atoms with van der Waals surface area (Å²) < 4.78 is 46.8. The molecule has 0 aliphatic heterocycles. The number of nitrogens with zero attached hydrogens (tertiary/aromatic N) is 1. The van der Waals surface area contributed by atoms with Crippen LogP contribution in [0.4, 0.5) is 0 Å². The van der Waals surface area contributed by atoms with Crippen LogP contribution in [-0.4, -0.2) is 18.7 Å². The molecule has 1 aliphatic rings. The van der Waals surface area contributed by atoms with Crippen LogP contribution in [0.2, 0.25) is 0 Å². The van der Waals surface area contributed by atoms with E-state index in [9.17, 15) is 12.6 Å². The van der Waals surface area contributed by atoms with Gasteiger partial charge in [-0.15, -0.1) is 0 Å². The molecule has 1 unspecified atom stereocenters. The van der Waals surface area contributed by atoms with Crippen LogP contribution in [0.3, 0.4) is 0 Å². The van der Waals surface area contributed by atoms with E-state index >= 15 is 0 Å². The average Bonchev–Trinajstić information content (AvgIpc) is 2.90. The second-order valence-corrected chi connectivity index (χ2v) is 11.3. The molecule has 28 heavy (non-hydrogen) atoms. The third kappa shape index (κ3) is 5.21. The maximum Gasteiger partial charge on any atom is 0.291 e. The first-order valence-electron chi connectivity index (χ1n) is 9.73. The molecule has 0 radical (unpaired) electrons. The van der Waals surface area contributed by atoms with Crippen molar-refractivity contribution in [3.8, 4) is 0 Å². The minimum absolute atomic E-state index is 0.00623. The molecule has 0 spiro atoms. The highest BCUT2D eigenvalue weighted by Crippen LogP contribution is 2.23. The van der Waals surface area contributed by atoms with E-state index < -0.39 is 19.9 Å². The molecule has 0 aromatic heterocycles. The maximum atomic E-state index is 13.9. The van der Waals surface area contributed by atoms with E-state index in [1.54, 1.807) is 24.3 Å². The lowest BCUT2D eigenvalue weighted by molar-refractivity contribution is 0.534. The summed E-state index contributed by atoms with van der Waals surface area (Å²) in [5.41, 5.74) is 1.97. The Hall–Kier alpha value is -1.70. The fourth-order valence-corrected chi connectivity index (χ4v) is 7.14. The first kappa shape index (κ1) is 21.0. The number of nitrogens with one attached hydrogen (secondary N) is 1. The summed E-state index contributed by atoms with van der Waals surface area (Å²) in [4.78, 5) is 0.457. The zero-order chi connectivity index (χ0) is 20.2. The first-order valence-corrected chi connectivity index (χ1v) is 12.7. The molecule has 7 heteroatoms. The zero-order valence-corrected chi connectivity index (χ0v) is 18.1. The Morgan fingerprint density at radius 1 is 0.750 bits per heavy atom. The molecular formula is C21H28N2O3S2. The van der Waals surface area contributed by atoms with Gasteiger partial charge >= 0.3 is 0 Å². The highest BCUT2D eigenvalue weighted by atomic mass is 32.3. The SMILES string of the molecule is Cc1ccc(S(=O)(=O)N=S(=O)(NC2CCCCCC2)c2ccc(C)cc2)cc1. The van der Waals surface area contributed by atoms with Gasteiger partial charge in [-0.25, -0.2) is 8.93 Å². The minimum atomic E-state index is -4.07. The number of aryl methyl sites for hydroxylation is 2. The van der Waals surface area contributed by atoms with Gasteiger partial charge in [0, 0.05) is 6.04 Å². The van der Waals surface area contributed by atoms with Crippen LogP contribution in [0.1, 0.15) is 49.7 Å². The normalized spacial score (nSPS) is 18.2. The van der Waals surface area contributed by atoms with Gasteiger partial charge in [0.05, 0.1) is 9.79 Å². The third-order valence-electron chi connectivity index (χ3n) is 5.04. The van der Waals surface area contributed by atoms with E-state index in [0.29, 0.717) is 4.90 Å². The third-order valence-corrected chi connectivity index (χ3v) is 9.10. The van der Waals surface area contributed by atoms with Crippen molar-refractivity contribution in [2.75, 3.05) is 0 Å². The largest absolute Gasteiger partial charge is 0.291 e. The van der Waals surface area contributed by atoms with Crippen LogP contribution in [-0.2, 0) is 19.9 Å². The summed E-state index contributed by atoms with van der Waals surface area (Å²) in [5, 5.41) is 0. The van der Waals surface area contributed by atoms with Crippen molar-refractivity contribution in [2.45, 2.75) is 68.2 Å². The molecule has 1 saturated carbocycles. The van der Waals surface area contributed by atoms with Gasteiger partial charge < -0.3 is 0 Å². The summed E-state index contributed by atoms with van der Waals surface area (Å²) in [6.45, 7) is 3.82. The molecule has 152 valence electrons. The lowest BCUT2D eigenvalue weighted by Gasteiger charge is -2.20. The number of hydrogen-bond donors (Lipinski definition) is 1. The summed E-state index contributed by atoms with van der Waals surface area (Å²) in [5.74, 6) is 0. The predicted octanol–water partition coefficient (Wildman–Crippen LogP) is 4.75. The van der Waals surface area contributed by atoms with E-state index in [0.717, 1.165) is 49.7 Å². The monoisotopic (exact) mass is 420 g/mol. The quantitative estimate of drug-likeness (QED) is 0.710. The van der Waals surface area contributed by atoms with Gasteiger partial charge in [0.15, 0.2) is 9.92 Å². The molecule has 0 bridgehead atoms. The fourth-order valence-electron chi connectivity index (χ4n) is 3.37. The van der Waals surface area contributed by atoms with Crippen molar-refractivity contribution in [3.63, 3.8) is 0 Å². The predicted molar refractivity (Wildman–Crippen MR) is 113 cm³/mol. The Morgan fingerprint density at radius 2 is 1.21 bits per heavy atom. The van der Waals surface area contributed by atoms with Crippen LogP contribution < -0.4 is 4.72 Å². The van der Waals surface area contributed by atoms with E-state index in [-0.39, 0.29) is 10.9 Å². The zero-order valence-electron chi connectivity index (χ0n) is 16.4. The van der Waals surface area contributed by atoms with Gasteiger partial charge in [0.1, 0.15) is 0 Å². The van der Waals surface area contributed by atoms with E-state index in [1.807, 2.05) is 26.0 Å². The molecule has 5 nitrogen and oxygen atoms in total. The average molecular weight is 421 g/mol. The standard InChI is InChI=1S/C21H28N2O3S2/c1-17-9-13-20(14-10-17)27(24,22-19-7-5-3-4-6-8-19)23-28(25,26)21-15-11-18(2)12-16-21/h9-16,19H,3-8H2,1-2H3,(H,22,23,24). The highest BCUT2D eigenvalue weighted by Gasteiger charge is 2.24. The van der Waals surface area contributed by atoms with Crippen LogP contribution in [0, 0.1) is 13.8 Å². The van der Waals surface area contributed by atoms with Crippen molar-refractivity contribution in [1.82, 2.24) is 4.72 Å². The van der Waals surface area contributed by atoms with Crippen LogP contribution >= 0.6 is 0 Å². The summed E-state index contributed by atoms with van der Waals surface area (Å²) in [7, 11) is -7.40. The Labute approximate surface area is 168 Å². The highest BCUT2D eigenvalue weighted by molar-refractivity contribution is 8.02. The number of rotatable bonds is 5. The summed E-state index contributed by atoms with van der Waals surface area (Å²) in [6, 6.07) is 13.5. The van der Waals surface area contributed by atoms with Crippen LogP contribution in [0.25, 0.3) is 0 Å². The summed E-state index contributed by atoms with van der Waals surface area (Å²) in [6.07, 6.45) is 6.16. The lowest BCUT2D eigenvalue weighted by atomic mass is 10.1. The van der Waals surface area contributed by atoms with Crippen LogP contribution in [0.15, 0.2) is 62.1 Å². The van der Waals surface area contributed by atoms with Crippen molar-refractivity contribution in [3.05, 3.63) is 59.7 Å². The van der Waals surface area contributed by atoms with Crippen molar-refractivity contribution in [1.29, 1.82) is 0 Å². The molecular weight excluding hydrogens is 392 g/mol. The van der Waals surface area contributed by atoms with Gasteiger partial charge in [-0.3, -0.25) is 0 Å². The molecule has 0 amide bonds. The van der Waals surface area contributed by atoms with E-state index in [4.69, 9.17) is 0 Å². The van der Waals surface area contributed by atoms with Crippen LogP contribution in [0.5, 0.6) is 0 Å². The second-order valence-electron chi connectivity index (χ2n) is 7.51. The molecule has 3 rings (SSSR count). The van der Waals surface area contributed by atoms with Gasteiger partial charge in [-0.1, -0.05) is 64.8 Å². The molecule has 1 N–H and O–H groups in total. The molecule has 0 heterocycles. The summed E-state index contributed by atoms with van der Waals surface area (Å²) >= 11 is 0. The Morgan fingerprint density at radius 3 is 1.71 bits per heavy atom. The molecule has 1 fully saturated rings. The van der Waals surface area contributed by atoms with E-state index in [1.165, 1.54) is 12.1 Å². The van der Waals surface area contributed by atoms with Gasteiger partial charge in [0.25, 0.3) is 10.0 Å². The molecule has 2 aromatic rings. The van der Waals surface area contributed by atoms with Crippen molar-refractivity contribution >= 4 is 19.9 Å². The maximum absolute atomic E-state index is 13.9.